The summed E-state index contributed by atoms with van der Waals surface area (Å²) in [6, 6.07) is 21.8. The van der Waals surface area contributed by atoms with Crippen LogP contribution in [0.5, 0.6) is 0 Å². The van der Waals surface area contributed by atoms with Crippen molar-refractivity contribution in [3.63, 3.8) is 0 Å². The maximum atomic E-state index is 14.7. The van der Waals surface area contributed by atoms with Crippen LogP contribution in [0.25, 0.3) is 33.3 Å². The molecule has 0 unspecified atom stereocenters. The molecule has 3 aromatic carbocycles. The van der Waals surface area contributed by atoms with Gasteiger partial charge in [0.2, 0.25) is 0 Å². The summed E-state index contributed by atoms with van der Waals surface area (Å²) in [7, 11) is -4.19. The number of hydrogen-bond donors (Lipinski definition) is 1. The summed E-state index contributed by atoms with van der Waals surface area (Å²) in [6.45, 7) is 2.66. The zero-order valence-corrected chi connectivity index (χ0v) is 23.5. The van der Waals surface area contributed by atoms with Crippen LogP contribution < -0.4 is 4.90 Å². The van der Waals surface area contributed by atoms with E-state index in [9.17, 15) is 28.0 Å². The predicted molar refractivity (Wildman–Crippen MR) is 157 cm³/mol. The number of aryl methyl sites for hydroxylation is 1. The normalized spacial score (nSPS) is 13.7. The fourth-order valence-electron chi connectivity index (χ4n) is 5.31. The molecule has 1 saturated heterocycles. The first-order valence-corrected chi connectivity index (χ1v) is 15.3. The van der Waals surface area contributed by atoms with Crippen LogP contribution in [0.15, 0.2) is 83.1 Å². The van der Waals surface area contributed by atoms with Gasteiger partial charge < -0.3 is 10.0 Å². The van der Waals surface area contributed by atoms with Gasteiger partial charge in [-0.3, -0.25) is 4.79 Å². The van der Waals surface area contributed by atoms with Gasteiger partial charge in [-0.15, -0.1) is 11.3 Å². The number of hydrogen-bond acceptors (Lipinski definition) is 6. The minimum Gasteiger partial charge on any atom is -0.481 e. The first kappa shape index (κ1) is 26.7. The molecule has 206 valence electrons. The smallest absolute Gasteiger partial charge is 0.310 e. The number of rotatable bonds is 7. The third-order valence-corrected chi connectivity index (χ3v) is 10.1. The summed E-state index contributed by atoms with van der Waals surface area (Å²) < 4.78 is 44.8. The molecule has 0 atom stereocenters. The van der Waals surface area contributed by atoms with Crippen LogP contribution in [0.1, 0.15) is 17.4 Å². The third-order valence-electron chi connectivity index (χ3n) is 7.51. The average Bonchev–Trinajstić information content (AvgIpc) is 3.54. The SMILES string of the molecule is CCc1ccc(S(=O)(=O)n2c(-c3cccc(N4CC(C(=O)O)C4)c3)c(-c3ccsc3C#N)c3cc(F)ccc32)cc1. The minimum atomic E-state index is -4.19. The second kappa shape index (κ2) is 10.2. The Morgan fingerprint density at radius 2 is 1.85 bits per heavy atom. The maximum absolute atomic E-state index is 14.7. The summed E-state index contributed by atoms with van der Waals surface area (Å²) in [6.07, 6.45) is 0.753. The Morgan fingerprint density at radius 3 is 2.54 bits per heavy atom. The van der Waals surface area contributed by atoms with Gasteiger partial charge in [0.15, 0.2) is 0 Å². The highest BCUT2D eigenvalue weighted by Gasteiger charge is 2.34. The molecule has 0 amide bonds. The number of carboxylic acids is 1. The number of anilines is 1. The van der Waals surface area contributed by atoms with E-state index in [-0.39, 0.29) is 10.4 Å². The van der Waals surface area contributed by atoms with E-state index in [0.717, 1.165) is 17.7 Å². The van der Waals surface area contributed by atoms with Crippen molar-refractivity contribution >= 4 is 43.9 Å². The Labute approximate surface area is 240 Å². The van der Waals surface area contributed by atoms with Crippen LogP contribution in [0.3, 0.4) is 0 Å². The first-order chi connectivity index (χ1) is 19.7. The zero-order valence-electron chi connectivity index (χ0n) is 21.9. The lowest BCUT2D eigenvalue weighted by atomic mass is 9.96. The average molecular weight is 586 g/mol. The Bertz CT molecular complexity index is 1960. The highest BCUT2D eigenvalue weighted by Crippen LogP contribution is 2.46. The summed E-state index contributed by atoms with van der Waals surface area (Å²) in [5, 5.41) is 21.3. The molecule has 7 nitrogen and oxygen atoms in total. The van der Waals surface area contributed by atoms with E-state index in [1.54, 1.807) is 47.8 Å². The number of aromatic nitrogens is 1. The second-order valence-electron chi connectivity index (χ2n) is 9.92. The first-order valence-electron chi connectivity index (χ1n) is 13.0. The van der Waals surface area contributed by atoms with Gasteiger partial charge in [-0.05, 0) is 65.9 Å². The van der Waals surface area contributed by atoms with E-state index in [1.807, 2.05) is 24.0 Å². The van der Waals surface area contributed by atoms with E-state index in [1.165, 1.54) is 33.5 Å². The molecule has 2 aromatic heterocycles. The van der Waals surface area contributed by atoms with E-state index >= 15 is 0 Å². The molecule has 1 fully saturated rings. The lowest BCUT2D eigenvalue weighted by Crippen LogP contribution is -2.50. The number of benzene rings is 3. The van der Waals surface area contributed by atoms with Crippen LogP contribution in [-0.4, -0.2) is 36.6 Å². The maximum Gasteiger partial charge on any atom is 0.310 e. The van der Waals surface area contributed by atoms with Crippen LogP contribution in [0.2, 0.25) is 0 Å². The molecular formula is C31H24FN3O4S2. The molecule has 0 bridgehead atoms. The minimum absolute atomic E-state index is 0.0812. The molecule has 1 N–H and O–H groups in total. The molecule has 5 aromatic rings. The van der Waals surface area contributed by atoms with Gasteiger partial charge in [0, 0.05) is 40.9 Å². The molecule has 3 heterocycles. The van der Waals surface area contributed by atoms with Crippen molar-refractivity contribution in [2.45, 2.75) is 18.2 Å². The van der Waals surface area contributed by atoms with Gasteiger partial charge in [0.1, 0.15) is 16.8 Å². The van der Waals surface area contributed by atoms with Crippen molar-refractivity contribution in [2.24, 2.45) is 5.92 Å². The molecule has 0 saturated carbocycles. The van der Waals surface area contributed by atoms with Crippen molar-refractivity contribution in [2.75, 3.05) is 18.0 Å². The fraction of sp³-hybridized carbons (Fsp3) is 0.161. The molecule has 10 heteroatoms. The Morgan fingerprint density at radius 1 is 1.10 bits per heavy atom. The molecule has 6 rings (SSSR count). The van der Waals surface area contributed by atoms with Crippen molar-refractivity contribution < 1.29 is 22.7 Å². The lowest BCUT2D eigenvalue weighted by Gasteiger charge is -2.38. The van der Waals surface area contributed by atoms with Gasteiger partial charge in [-0.25, -0.2) is 16.8 Å². The predicted octanol–water partition coefficient (Wildman–Crippen LogP) is 6.37. The number of carboxylic acid groups (broad SMARTS) is 1. The number of carbonyl (C=O) groups is 1. The largest absolute Gasteiger partial charge is 0.481 e. The quantitative estimate of drug-likeness (QED) is 0.238. The number of halogens is 1. The molecule has 1 aliphatic heterocycles. The van der Waals surface area contributed by atoms with Crippen LogP contribution >= 0.6 is 11.3 Å². The van der Waals surface area contributed by atoms with Crippen LogP contribution in [0, 0.1) is 23.1 Å². The standard InChI is InChI=1S/C31H24FN3O4S2/c1-2-19-6-9-24(10-7-19)41(38,39)35-27-11-8-22(32)15-26(27)29(25-12-13-40-28(25)16-33)30(35)20-4-3-5-23(14-20)34-17-21(18-34)31(36)37/h3-15,21H,2,17-18H2,1H3,(H,36,37). The van der Waals surface area contributed by atoms with Crippen molar-refractivity contribution in [1.82, 2.24) is 3.97 Å². The van der Waals surface area contributed by atoms with Crippen molar-refractivity contribution in [3.05, 3.63) is 94.4 Å². The summed E-state index contributed by atoms with van der Waals surface area (Å²) >= 11 is 1.22. The molecule has 1 aliphatic rings. The van der Waals surface area contributed by atoms with Gasteiger partial charge >= 0.3 is 5.97 Å². The molecule has 41 heavy (non-hydrogen) atoms. The van der Waals surface area contributed by atoms with Gasteiger partial charge in [-0.2, -0.15) is 5.26 Å². The lowest BCUT2D eigenvalue weighted by molar-refractivity contribution is -0.142. The summed E-state index contributed by atoms with van der Waals surface area (Å²) in [5.41, 5.74) is 3.81. The third kappa shape index (κ3) is 4.47. The molecule has 0 radical (unpaired) electrons. The Kier molecular flexibility index (Phi) is 6.64. The van der Waals surface area contributed by atoms with Crippen molar-refractivity contribution in [3.8, 4) is 28.5 Å². The zero-order chi connectivity index (χ0) is 28.9. The number of fused-ring (bicyclic) bond motifs is 1. The summed E-state index contributed by atoms with van der Waals surface area (Å²) in [4.78, 5) is 13.8. The summed E-state index contributed by atoms with van der Waals surface area (Å²) in [5.74, 6) is -1.86. The highest BCUT2D eigenvalue weighted by molar-refractivity contribution is 7.90. The van der Waals surface area contributed by atoms with Gasteiger partial charge in [0.05, 0.1) is 22.0 Å². The topological polar surface area (TPSA) is 103 Å². The fourth-order valence-corrected chi connectivity index (χ4v) is 7.55. The monoisotopic (exact) mass is 585 g/mol. The number of nitrogens with zero attached hydrogens (tertiary/aromatic N) is 3. The number of thiophene rings is 1. The van der Waals surface area contributed by atoms with E-state index in [0.29, 0.717) is 45.7 Å². The molecule has 0 aliphatic carbocycles. The Hall–Kier alpha value is -4.46. The van der Waals surface area contributed by atoms with Gasteiger partial charge in [0.25, 0.3) is 10.0 Å². The Balaban J connectivity index is 1.66. The van der Waals surface area contributed by atoms with Crippen LogP contribution in [0.4, 0.5) is 10.1 Å². The van der Waals surface area contributed by atoms with Crippen LogP contribution in [-0.2, 0) is 21.2 Å². The second-order valence-corrected chi connectivity index (χ2v) is 12.6. The van der Waals surface area contributed by atoms with Gasteiger partial charge in [-0.1, -0.05) is 31.2 Å². The number of nitriles is 1. The van der Waals surface area contributed by atoms with E-state index < -0.39 is 27.7 Å². The van der Waals surface area contributed by atoms with E-state index in [2.05, 4.69) is 6.07 Å². The van der Waals surface area contributed by atoms with E-state index in [4.69, 9.17) is 0 Å². The van der Waals surface area contributed by atoms with Crippen molar-refractivity contribution in [1.29, 1.82) is 5.26 Å². The molecule has 0 spiro atoms. The molecular weight excluding hydrogens is 561 g/mol. The number of aliphatic carboxylic acids is 1. The highest BCUT2D eigenvalue weighted by atomic mass is 32.2.